The minimum absolute atomic E-state index is 0.452. The van der Waals surface area contributed by atoms with Crippen molar-refractivity contribution in [2.45, 2.75) is 106 Å². The molecule has 0 spiro atoms. The van der Waals surface area contributed by atoms with Gasteiger partial charge in [-0.3, -0.25) is 0 Å². The Morgan fingerprint density at radius 1 is 0.702 bits per heavy atom. The zero-order valence-corrected chi connectivity index (χ0v) is 34.3. The van der Waals surface area contributed by atoms with E-state index >= 15 is 0 Å². The average Bonchev–Trinajstić information content (AvgIpc) is 3.94. The molecule has 0 radical (unpaired) electrons. The molecule has 0 aromatic heterocycles. The molecule has 3 nitrogen and oxygen atoms in total. The summed E-state index contributed by atoms with van der Waals surface area (Å²) >= 11 is 2.09. The van der Waals surface area contributed by atoms with E-state index in [1.54, 1.807) is 49.7 Å². The number of hydrogen-bond acceptors (Lipinski definition) is 4. The highest BCUT2D eigenvalue weighted by molar-refractivity contribution is 8.04. The molecular formula is C53H59N3S. The number of hydrogen-bond donors (Lipinski definition) is 1. The summed E-state index contributed by atoms with van der Waals surface area (Å²) in [4.78, 5) is 7.40. The van der Waals surface area contributed by atoms with Crippen molar-refractivity contribution in [3.8, 4) is 0 Å². The van der Waals surface area contributed by atoms with Gasteiger partial charge in [-0.15, -0.1) is 11.8 Å². The first-order chi connectivity index (χ1) is 28.2. The molecule has 4 heteroatoms. The third-order valence-electron chi connectivity index (χ3n) is 16.0. The molecule has 11 unspecified atom stereocenters. The van der Waals surface area contributed by atoms with E-state index in [-0.39, 0.29) is 0 Å². The number of allylic oxidation sites excluding steroid dienone is 16. The fourth-order valence-corrected chi connectivity index (χ4v) is 14.8. The molecule has 11 atom stereocenters. The second kappa shape index (κ2) is 14.5. The number of rotatable bonds is 5. The number of likely N-dealkylation sites (tertiary alicyclic amines) is 1. The van der Waals surface area contributed by atoms with Crippen LogP contribution >= 0.6 is 11.8 Å². The van der Waals surface area contributed by atoms with E-state index in [1.807, 2.05) is 0 Å². The number of nitrogens with zero attached hydrogens (tertiary/aromatic N) is 2. The van der Waals surface area contributed by atoms with Gasteiger partial charge in [0.25, 0.3) is 0 Å². The van der Waals surface area contributed by atoms with Crippen molar-refractivity contribution >= 4 is 11.8 Å². The molecule has 2 saturated heterocycles. The van der Waals surface area contributed by atoms with Crippen LogP contribution in [0.15, 0.2) is 165 Å². The van der Waals surface area contributed by atoms with Crippen LogP contribution in [0.5, 0.6) is 0 Å². The molecule has 4 heterocycles. The fourth-order valence-electron chi connectivity index (χ4n) is 13.4. The van der Waals surface area contributed by atoms with Gasteiger partial charge >= 0.3 is 0 Å². The van der Waals surface area contributed by atoms with Crippen molar-refractivity contribution in [3.05, 3.63) is 165 Å². The third-order valence-corrected chi connectivity index (χ3v) is 17.4. The molecule has 57 heavy (non-hydrogen) atoms. The molecule has 0 aromatic rings. The Morgan fingerprint density at radius 2 is 1.63 bits per heavy atom. The molecule has 1 N–H and O–H groups in total. The Bertz CT molecular complexity index is 2150. The van der Waals surface area contributed by atoms with Crippen molar-refractivity contribution in [2.24, 2.45) is 35.5 Å². The second-order valence-electron chi connectivity index (χ2n) is 18.9. The lowest BCUT2D eigenvalue weighted by molar-refractivity contribution is 0.228. The van der Waals surface area contributed by atoms with Gasteiger partial charge in [-0.05, 0) is 123 Å². The summed E-state index contributed by atoms with van der Waals surface area (Å²) in [6.45, 7) is 2.12. The van der Waals surface area contributed by atoms with Crippen LogP contribution in [0.4, 0.5) is 0 Å². The molecule has 12 rings (SSSR count). The summed E-state index contributed by atoms with van der Waals surface area (Å²) < 4.78 is 0. The van der Waals surface area contributed by atoms with Gasteiger partial charge in [0.05, 0.1) is 18.1 Å². The maximum Gasteiger partial charge on any atom is 0.0580 e. The summed E-state index contributed by atoms with van der Waals surface area (Å²) in [5.41, 5.74) is 13.3. The number of nitrogens with one attached hydrogen (secondary N) is 1. The predicted molar refractivity (Wildman–Crippen MR) is 238 cm³/mol. The Morgan fingerprint density at radius 3 is 2.56 bits per heavy atom. The second-order valence-corrected chi connectivity index (χ2v) is 20.2. The summed E-state index contributed by atoms with van der Waals surface area (Å²) in [6, 6.07) is 1.85. The summed E-state index contributed by atoms with van der Waals surface area (Å²) in [6.07, 6.45) is 62.6. The minimum atomic E-state index is 0.452. The molecule has 8 aliphatic carbocycles. The molecule has 0 amide bonds. The van der Waals surface area contributed by atoms with Crippen molar-refractivity contribution in [3.63, 3.8) is 0 Å². The zero-order chi connectivity index (χ0) is 37.5. The lowest BCUT2D eigenvalue weighted by Crippen LogP contribution is -2.41. The van der Waals surface area contributed by atoms with E-state index in [2.05, 4.69) is 142 Å². The Hall–Kier alpha value is -3.73. The Kier molecular flexibility index (Phi) is 8.98. The smallest absolute Gasteiger partial charge is 0.0580 e. The van der Waals surface area contributed by atoms with Crippen LogP contribution in [0.1, 0.15) is 77.0 Å². The van der Waals surface area contributed by atoms with Crippen LogP contribution < -0.4 is 5.32 Å². The predicted octanol–water partition coefficient (Wildman–Crippen LogP) is 11.3. The van der Waals surface area contributed by atoms with Crippen molar-refractivity contribution in [1.29, 1.82) is 0 Å². The van der Waals surface area contributed by atoms with Crippen LogP contribution in [-0.2, 0) is 0 Å². The number of fused-ring (bicyclic) bond motifs is 8. The Labute approximate surface area is 345 Å². The van der Waals surface area contributed by atoms with E-state index in [1.165, 1.54) is 70.6 Å². The van der Waals surface area contributed by atoms with Crippen molar-refractivity contribution < 1.29 is 0 Å². The molecule has 292 valence electrons. The lowest BCUT2D eigenvalue weighted by atomic mass is 9.72. The van der Waals surface area contributed by atoms with Gasteiger partial charge < -0.3 is 15.1 Å². The topological polar surface area (TPSA) is 18.5 Å². The van der Waals surface area contributed by atoms with Crippen LogP contribution in [0, 0.1) is 35.5 Å². The first kappa shape index (κ1) is 35.2. The highest BCUT2D eigenvalue weighted by Crippen LogP contribution is 2.55. The third kappa shape index (κ3) is 6.01. The van der Waals surface area contributed by atoms with Gasteiger partial charge in [-0.2, -0.15) is 0 Å². The van der Waals surface area contributed by atoms with Crippen LogP contribution in [0.2, 0.25) is 0 Å². The SMILES string of the molecule is C1=CCCC(C2CC(C3=CCNCC3)=CC(N3C4=CCC(C5=CC6C7=C(CCCC7)N(C7C=C8C(=CC7)SC7C=CC=CC87)C6C=C5)CC4C4C=CC=CC43)C2)=C1. The van der Waals surface area contributed by atoms with Crippen LogP contribution in [0.3, 0.4) is 0 Å². The Balaban J connectivity index is 0.834. The zero-order valence-electron chi connectivity index (χ0n) is 33.5. The monoisotopic (exact) mass is 769 g/mol. The quantitative estimate of drug-likeness (QED) is 0.300. The lowest BCUT2D eigenvalue weighted by Gasteiger charge is -2.42. The molecular weight excluding hydrogens is 711 g/mol. The maximum atomic E-state index is 3.58. The molecule has 12 aliphatic rings. The molecule has 4 aliphatic heterocycles. The highest BCUT2D eigenvalue weighted by Gasteiger charge is 2.50. The van der Waals surface area contributed by atoms with Crippen LogP contribution in [0.25, 0.3) is 0 Å². The standard InChI is InChI=1S/C53H59N3S/c1-2-10-34(11-3-1)38-28-39(35-24-26-54-27-25-35)30-41(29-38)56-49-16-8-5-13-43(49)46-32-37(19-22-51(46)56)36-18-21-50-45(31-36)42-12-4-7-15-48(42)55(50)40-20-23-53-47(33-40)44-14-6-9-17-52(44)57-53/h1-2,5-6,8-10,13-14,16-18,21-24,30-31,33,37-38,40-41,43-46,49-50,52,54H,3-4,7,11-12,15,19-20,25-29,32H2. The summed E-state index contributed by atoms with van der Waals surface area (Å²) in [5.74, 6) is 3.47. The summed E-state index contributed by atoms with van der Waals surface area (Å²) in [5, 5.41) is 4.16. The van der Waals surface area contributed by atoms with Crippen LogP contribution in [-0.4, -0.2) is 52.3 Å². The van der Waals surface area contributed by atoms with Gasteiger partial charge in [0.1, 0.15) is 0 Å². The van der Waals surface area contributed by atoms with Gasteiger partial charge in [-0.25, -0.2) is 0 Å². The molecule has 2 fully saturated rings. The molecule has 0 saturated carbocycles. The fraction of sp³-hybridized carbons (Fsp3) is 0.472. The van der Waals surface area contributed by atoms with E-state index in [9.17, 15) is 0 Å². The first-order valence-corrected chi connectivity index (χ1v) is 23.8. The average molecular weight is 770 g/mol. The maximum absolute atomic E-state index is 3.58. The normalized spacial score (nSPS) is 39.9. The van der Waals surface area contributed by atoms with E-state index < -0.39 is 0 Å². The van der Waals surface area contributed by atoms with Gasteiger partial charge in [0.15, 0.2) is 0 Å². The van der Waals surface area contributed by atoms with Crippen molar-refractivity contribution in [2.75, 3.05) is 13.1 Å². The number of thioether (sulfide) groups is 1. The van der Waals surface area contributed by atoms with Crippen molar-refractivity contribution in [1.82, 2.24) is 15.1 Å². The van der Waals surface area contributed by atoms with E-state index in [0.29, 0.717) is 64.9 Å². The van der Waals surface area contributed by atoms with Gasteiger partial charge in [0.2, 0.25) is 0 Å². The highest BCUT2D eigenvalue weighted by atomic mass is 32.2. The summed E-state index contributed by atoms with van der Waals surface area (Å²) in [7, 11) is 0. The minimum Gasteiger partial charge on any atom is -0.361 e. The van der Waals surface area contributed by atoms with Gasteiger partial charge in [0, 0.05) is 57.8 Å². The van der Waals surface area contributed by atoms with E-state index in [4.69, 9.17) is 0 Å². The largest absolute Gasteiger partial charge is 0.361 e. The van der Waals surface area contributed by atoms with E-state index in [0.717, 1.165) is 19.5 Å². The molecule has 0 bridgehead atoms. The molecule has 0 aromatic carbocycles. The van der Waals surface area contributed by atoms with Gasteiger partial charge in [-0.1, -0.05) is 121 Å². The first-order valence-electron chi connectivity index (χ1n) is 22.9.